The van der Waals surface area contributed by atoms with Crippen LogP contribution in [0.25, 0.3) is 16.7 Å². The van der Waals surface area contributed by atoms with Crippen LogP contribution in [0.1, 0.15) is 11.1 Å². The first kappa shape index (κ1) is 11.4. The quantitative estimate of drug-likeness (QED) is 0.673. The molecule has 1 aromatic carbocycles. The molecule has 2 aromatic heterocycles. The van der Waals surface area contributed by atoms with Gasteiger partial charge in [0.2, 0.25) is 0 Å². The van der Waals surface area contributed by atoms with Crippen LogP contribution in [-0.2, 0) is 0 Å². The standard InChI is InChI=1S/C13H7F2N3O/c1-6-2-7(5-16)12-17-10-3-8(14)9(15)4-11(10)18(12)13(6)19/h2-4,17H,1H3. The van der Waals surface area contributed by atoms with Crippen LogP contribution in [0.5, 0.6) is 0 Å². The normalized spacial score (nSPS) is 11.1. The maximum Gasteiger partial charge on any atom is 0.259 e. The largest absolute Gasteiger partial charge is 0.338 e. The van der Waals surface area contributed by atoms with Crippen molar-refractivity contribution in [2.24, 2.45) is 0 Å². The van der Waals surface area contributed by atoms with E-state index >= 15 is 0 Å². The number of imidazole rings is 1. The second-order valence-electron chi connectivity index (χ2n) is 4.25. The predicted octanol–water partition coefficient (Wildman–Crippen LogP) is 2.24. The molecule has 0 aliphatic heterocycles. The first-order valence-corrected chi connectivity index (χ1v) is 5.46. The van der Waals surface area contributed by atoms with Crippen LogP contribution >= 0.6 is 0 Å². The minimum absolute atomic E-state index is 0.208. The van der Waals surface area contributed by atoms with Gasteiger partial charge in [-0.3, -0.25) is 9.20 Å². The van der Waals surface area contributed by atoms with Gasteiger partial charge >= 0.3 is 0 Å². The van der Waals surface area contributed by atoms with Crippen molar-refractivity contribution >= 4 is 16.7 Å². The molecule has 0 atom stereocenters. The SMILES string of the molecule is Cc1cc(C#N)c2[nH]c3cc(F)c(F)cc3n2c1=O. The third-order valence-corrected chi connectivity index (χ3v) is 3.03. The van der Waals surface area contributed by atoms with Gasteiger partial charge in [-0.1, -0.05) is 0 Å². The molecular formula is C13H7F2N3O. The van der Waals surface area contributed by atoms with Crippen LogP contribution in [0.2, 0.25) is 0 Å². The highest BCUT2D eigenvalue weighted by Gasteiger charge is 2.14. The maximum atomic E-state index is 13.3. The van der Waals surface area contributed by atoms with Crippen LogP contribution in [0.4, 0.5) is 8.78 Å². The Morgan fingerprint density at radius 2 is 1.95 bits per heavy atom. The number of nitrogens with one attached hydrogen (secondary N) is 1. The number of benzene rings is 1. The zero-order valence-corrected chi connectivity index (χ0v) is 9.79. The van der Waals surface area contributed by atoms with Gasteiger partial charge < -0.3 is 4.98 Å². The van der Waals surface area contributed by atoms with Crippen molar-refractivity contribution in [2.45, 2.75) is 6.92 Å². The zero-order valence-electron chi connectivity index (χ0n) is 9.79. The first-order chi connectivity index (χ1) is 9.02. The number of aromatic nitrogens is 2. The van der Waals surface area contributed by atoms with Gasteiger partial charge in [-0.2, -0.15) is 5.26 Å². The summed E-state index contributed by atoms with van der Waals surface area (Å²) in [4.78, 5) is 14.9. The van der Waals surface area contributed by atoms with E-state index in [0.29, 0.717) is 5.56 Å². The van der Waals surface area contributed by atoms with E-state index in [0.717, 1.165) is 12.1 Å². The lowest BCUT2D eigenvalue weighted by Gasteiger charge is -1.99. The Bertz CT molecular complexity index is 931. The Labute approximate surface area is 105 Å². The molecule has 0 fully saturated rings. The first-order valence-electron chi connectivity index (χ1n) is 5.46. The highest BCUT2D eigenvalue weighted by Crippen LogP contribution is 2.20. The number of halogens is 2. The Kier molecular flexibility index (Phi) is 2.20. The fraction of sp³-hybridized carbons (Fsp3) is 0.0769. The molecule has 0 radical (unpaired) electrons. The van der Waals surface area contributed by atoms with Crippen molar-refractivity contribution < 1.29 is 8.78 Å². The number of hydrogen-bond acceptors (Lipinski definition) is 2. The van der Waals surface area contributed by atoms with E-state index in [1.54, 1.807) is 6.92 Å². The second-order valence-corrected chi connectivity index (χ2v) is 4.25. The highest BCUT2D eigenvalue weighted by molar-refractivity contribution is 5.82. The van der Waals surface area contributed by atoms with Crippen molar-refractivity contribution in [3.05, 3.63) is 51.3 Å². The number of pyridine rings is 1. The molecule has 0 amide bonds. The molecule has 0 aliphatic carbocycles. The van der Waals surface area contributed by atoms with Crippen LogP contribution in [0.15, 0.2) is 23.0 Å². The summed E-state index contributed by atoms with van der Waals surface area (Å²) in [6, 6.07) is 5.30. The van der Waals surface area contributed by atoms with E-state index < -0.39 is 11.6 Å². The van der Waals surface area contributed by atoms with E-state index in [9.17, 15) is 13.6 Å². The second kappa shape index (κ2) is 3.65. The average Bonchev–Trinajstić information content (AvgIpc) is 2.73. The summed E-state index contributed by atoms with van der Waals surface area (Å²) in [7, 11) is 0. The topological polar surface area (TPSA) is 61.1 Å². The molecule has 0 saturated heterocycles. The molecular weight excluding hydrogens is 252 g/mol. The summed E-state index contributed by atoms with van der Waals surface area (Å²) in [6.07, 6.45) is 0. The molecule has 19 heavy (non-hydrogen) atoms. The number of H-pyrrole nitrogens is 1. The van der Waals surface area contributed by atoms with Gasteiger partial charge in [-0.25, -0.2) is 8.78 Å². The van der Waals surface area contributed by atoms with Crippen molar-refractivity contribution in [1.29, 1.82) is 5.26 Å². The van der Waals surface area contributed by atoms with Crippen molar-refractivity contribution in [3.63, 3.8) is 0 Å². The lowest BCUT2D eigenvalue weighted by molar-refractivity contribution is 0.510. The summed E-state index contributed by atoms with van der Waals surface area (Å²) >= 11 is 0. The van der Waals surface area contributed by atoms with E-state index in [4.69, 9.17) is 5.26 Å². The average molecular weight is 259 g/mol. The summed E-state index contributed by atoms with van der Waals surface area (Å²) in [5.41, 5.74) is 0.940. The predicted molar refractivity (Wildman–Crippen MR) is 64.9 cm³/mol. The van der Waals surface area contributed by atoms with Crippen LogP contribution in [-0.4, -0.2) is 9.38 Å². The Balaban J connectivity index is 2.66. The number of aryl methyl sites for hydroxylation is 1. The van der Waals surface area contributed by atoms with E-state index in [1.165, 1.54) is 10.5 Å². The van der Waals surface area contributed by atoms with Gasteiger partial charge in [0, 0.05) is 17.7 Å². The maximum absolute atomic E-state index is 13.3. The van der Waals surface area contributed by atoms with Gasteiger partial charge in [-0.05, 0) is 13.0 Å². The fourth-order valence-corrected chi connectivity index (χ4v) is 2.13. The number of hydrogen-bond donors (Lipinski definition) is 1. The lowest BCUT2D eigenvalue weighted by Crippen LogP contribution is -2.16. The van der Waals surface area contributed by atoms with Crippen LogP contribution < -0.4 is 5.56 Å². The molecule has 0 bridgehead atoms. The Morgan fingerprint density at radius 3 is 2.63 bits per heavy atom. The van der Waals surface area contributed by atoms with Crippen molar-refractivity contribution in [1.82, 2.24) is 9.38 Å². The van der Waals surface area contributed by atoms with Crippen molar-refractivity contribution in [3.8, 4) is 6.07 Å². The third kappa shape index (κ3) is 1.45. The molecule has 94 valence electrons. The molecule has 1 N–H and O–H groups in total. The van der Waals surface area contributed by atoms with Gasteiger partial charge in [0.25, 0.3) is 5.56 Å². The number of aromatic amines is 1. The number of rotatable bonds is 0. The molecule has 0 aliphatic rings. The fourth-order valence-electron chi connectivity index (χ4n) is 2.13. The summed E-state index contributed by atoms with van der Waals surface area (Å²) in [6.45, 7) is 1.56. The van der Waals surface area contributed by atoms with Gasteiger partial charge in [0.15, 0.2) is 11.6 Å². The smallest absolute Gasteiger partial charge is 0.259 e. The highest BCUT2D eigenvalue weighted by atomic mass is 19.2. The van der Waals surface area contributed by atoms with Crippen LogP contribution in [0.3, 0.4) is 0 Å². The van der Waals surface area contributed by atoms with Gasteiger partial charge in [-0.15, -0.1) is 0 Å². The molecule has 3 rings (SSSR count). The molecule has 6 heteroatoms. The molecule has 0 saturated carbocycles. The number of fused-ring (bicyclic) bond motifs is 3. The summed E-state index contributed by atoms with van der Waals surface area (Å²) in [5, 5.41) is 9.05. The molecule has 2 heterocycles. The molecule has 3 aromatic rings. The van der Waals surface area contributed by atoms with Gasteiger partial charge in [0.05, 0.1) is 16.6 Å². The molecule has 0 spiro atoms. The molecule has 4 nitrogen and oxygen atoms in total. The summed E-state index contributed by atoms with van der Waals surface area (Å²) in [5.74, 6) is -2.05. The minimum atomic E-state index is -1.04. The van der Waals surface area contributed by atoms with Crippen molar-refractivity contribution in [2.75, 3.05) is 0 Å². The zero-order chi connectivity index (χ0) is 13.7. The van der Waals surface area contributed by atoms with E-state index in [2.05, 4.69) is 4.98 Å². The molecule has 0 unspecified atom stereocenters. The minimum Gasteiger partial charge on any atom is -0.338 e. The lowest BCUT2D eigenvalue weighted by atomic mass is 10.2. The van der Waals surface area contributed by atoms with E-state index in [1.807, 2.05) is 6.07 Å². The van der Waals surface area contributed by atoms with E-state index in [-0.39, 0.29) is 27.8 Å². The Hall–Kier alpha value is -2.68. The monoisotopic (exact) mass is 259 g/mol. The number of nitrogens with zero attached hydrogens (tertiary/aromatic N) is 2. The number of nitriles is 1. The van der Waals surface area contributed by atoms with Crippen LogP contribution in [0, 0.1) is 29.9 Å². The third-order valence-electron chi connectivity index (χ3n) is 3.03. The summed E-state index contributed by atoms with van der Waals surface area (Å²) < 4.78 is 27.7. The Morgan fingerprint density at radius 1 is 1.26 bits per heavy atom. The van der Waals surface area contributed by atoms with Gasteiger partial charge in [0.1, 0.15) is 11.7 Å².